The Morgan fingerprint density at radius 1 is 0.870 bits per heavy atom. The van der Waals surface area contributed by atoms with E-state index in [9.17, 15) is 50.4 Å². The van der Waals surface area contributed by atoms with Crippen LogP contribution in [0.5, 0.6) is 0 Å². The number of carbonyl (C=O) groups is 2. The van der Waals surface area contributed by atoms with Crippen LogP contribution in [0.25, 0.3) is 6.08 Å². The molecule has 10 N–H and O–H groups in total. The summed E-state index contributed by atoms with van der Waals surface area (Å²) < 4.78 is 10.5. The Kier molecular flexibility index (Phi) is 18.4. The smallest absolute Gasteiger partial charge is 0.251 e. The Morgan fingerprint density at radius 3 is 2.07 bits per heavy atom. The van der Waals surface area contributed by atoms with Gasteiger partial charge in [-0.05, 0) is 24.0 Å². The van der Waals surface area contributed by atoms with Crippen LogP contribution >= 0.6 is 0 Å². The molecule has 0 aromatic heterocycles. The normalized spacial score (nSPS) is 24.0. The highest BCUT2D eigenvalue weighted by Crippen LogP contribution is 2.25. The van der Waals surface area contributed by atoms with Crippen LogP contribution in [-0.2, 0) is 25.6 Å². The SMILES string of the molecule is C=Cc1ccc(CNC(=O)CCCCCCCCCCNC(=O)[C@H](O)[C@@H](O)[C@H](O[C@@H]2O[C@@H](CO)[C@H](O)[C@@H](O)[C@@H]2O)[C@H](O)CO)cc1. The first-order chi connectivity index (χ1) is 22.0. The Labute approximate surface area is 269 Å². The number of carbonyl (C=O) groups excluding carboxylic acids is 2. The topological polar surface area (TPSA) is 238 Å². The van der Waals surface area contributed by atoms with Gasteiger partial charge < -0.3 is 61.0 Å². The highest BCUT2D eigenvalue weighted by molar-refractivity contribution is 5.81. The molecule has 0 saturated carbocycles. The van der Waals surface area contributed by atoms with Crippen LogP contribution < -0.4 is 10.6 Å². The molecule has 1 aliphatic rings. The summed E-state index contributed by atoms with van der Waals surface area (Å²) in [7, 11) is 0. The number of unbranched alkanes of at least 4 members (excludes halogenated alkanes) is 7. The molecule has 1 fully saturated rings. The highest BCUT2D eigenvalue weighted by atomic mass is 16.7. The zero-order valence-electron chi connectivity index (χ0n) is 26.2. The molecule has 1 heterocycles. The third-order valence-corrected chi connectivity index (χ3v) is 7.97. The van der Waals surface area contributed by atoms with E-state index in [0.29, 0.717) is 19.4 Å². The van der Waals surface area contributed by atoms with Crippen LogP contribution in [0.1, 0.15) is 68.9 Å². The van der Waals surface area contributed by atoms with Gasteiger partial charge in [-0.3, -0.25) is 9.59 Å². The number of aliphatic hydroxyl groups is 8. The van der Waals surface area contributed by atoms with Crippen molar-refractivity contribution in [1.82, 2.24) is 10.6 Å². The third kappa shape index (κ3) is 13.0. The zero-order chi connectivity index (χ0) is 34.1. The van der Waals surface area contributed by atoms with Crippen molar-refractivity contribution >= 4 is 17.9 Å². The molecular formula is C32H52N2O12. The maximum atomic E-state index is 12.4. The molecule has 14 heteroatoms. The van der Waals surface area contributed by atoms with Crippen molar-refractivity contribution in [2.75, 3.05) is 19.8 Å². The van der Waals surface area contributed by atoms with Crippen molar-refractivity contribution in [3.63, 3.8) is 0 Å². The van der Waals surface area contributed by atoms with Crippen molar-refractivity contribution in [2.24, 2.45) is 0 Å². The molecule has 1 saturated heterocycles. The summed E-state index contributed by atoms with van der Waals surface area (Å²) in [5, 5.41) is 85.2. The minimum absolute atomic E-state index is 0.0360. The predicted molar refractivity (Wildman–Crippen MR) is 167 cm³/mol. The van der Waals surface area contributed by atoms with Crippen LogP contribution in [0.15, 0.2) is 30.8 Å². The summed E-state index contributed by atoms with van der Waals surface area (Å²) in [6.07, 6.45) is -6.82. The molecule has 2 amide bonds. The number of amides is 2. The second-order valence-corrected chi connectivity index (χ2v) is 11.6. The summed E-state index contributed by atoms with van der Waals surface area (Å²) in [5.74, 6) is -0.913. The standard InChI is InChI=1S/C32H52N2O12/c1-2-20-12-14-21(15-13-20)17-34-24(38)11-9-7-5-3-4-6-8-10-16-33-31(44)28(42)27(41)30(22(37)18-35)46-32-29(43)26(40)25(39)23(19-36)45-32/h2,12-15,22-23,25-30,32,35-37,39-43H,1,3-11,16-19H2,(H,33,44)(H,34,38)/t22-,23+,25+,26-,27-,28-,29+,30-,32+/m1/s1. The summed E-state index contributed by atoms with van der Waals surface area (Å²) in [6.45, 7) is 2.75. The van der Waals surface area contributed by atoms with Gasteiger partial charge in [0, 0.05) is 19.5 Å². The molecule has 262 valence electrons. The molecule has 14 nitrogen and oxygen atoms in total. The number of benzene rings is 1. The monoisotopic (exact) mass is 656 g/mol. The molecule has 0 unspecified atom stereocenters. The molecule has 1 aliphatic heterocycles. The van der Waals surface area contributed by atoms with Gasteiger partial charge >= 0.3 is 0 Å². The van der Waals surface area contributed by atoms with E-state index in [-0.39, 0.29) is 12.5 Å². The number of hydrogen-bond acceptors (Lipinski definition) is 12. The Bertz CT molecular complexity index is 1030. The van der Waals surface area contributed by atoms with E-state index < -0.39 is 74.2 Å². The van der Waals surface area contributed by atoms with E-state index in [1.165, 1.54) is 0 Å². The van der Waals surface area contributed by atoms with Gasteiger partial charge in [0.15, 0.2) is 12.4 Å². The molecule has 0 aliphatic carbocycles. The van der Waals surface area contributed by atoms with E-state index in [1.54, 1.807) is 6.08 Å². The van der Waals surface area contributed by atoms with Gasteiger partial charge in [-0.25, -0.2) is 0 Å². The number of nitrogens with one attached hydrogen (secondary N) is 2. The second-order valence-electron chi connectivity index (χ2n) is 11.6. The van der Waals surface area contributed by atoms with E-state index in [0.717, 1.165) is 56.1 Å². The van der Waals surface area contributed by atoms with Gasteiger partial charge in [-0.1, -0.05) is 75.4 Å². The molecule has 0 bridgehead atoms. The Balaban J connectivity index is 1.59. The molecule has 2 rings (SSSR count). The first-order valence-corrected chi connectivity index (χ1v) is 15.9. The quantitative estimate of drug-likeness (QED) is 0.0665. The van der Waals surface area contributed by atoms with Gasteiger partial charge in [0.25, 0.3) is 5.91 Å². The molecule has 0 radical (unpaired) electrons. The average Bonchev–Trinajstić information content (AvgIpc) is 3.07. The first-order valence-electron chi connectivity index (χ1n) is 15.9. The minimum Gasteiger partial charge on any atom is -0.394 e. The van der Waals surface area contributed by atoms with Crippen molar-refractivity contribution in [3.8, 4) is 0 Å². The number of hydrogen-bond donors (Lipinski definition) is 10. The van der Waals surface area contributed by atoms with Crippen LogP contribution in [0.2, 0.25) is 0 Å². The maximum Gasteiger partial charge on any atom is 0.251 e. The van der Waals surface area contributed by atoms with Crippen LogP contribution in [0, 0.1) is 0 Å². The van der Waals surface area contributed by atoms with Crippen molar-refractivity contribution < 1.29 is 59.9 Å². The third-order valence-electron chi connectivity index (χ3n) is 7.97. The average molecular weight is 657 g/mol. The van der Waals surface area contributed by atoms with E-state index in [2.05, 4.69) is 17.2 Å². The number of aliphatic hydroxyl groups excluding tert-OH is 8. The van der Waals surface area contributed by atoms with Crippen molar-refractivity contribution in [3.05, 3.63) is 42.0 Å². The number of ether oxygens (including phenoxy) is 2. The Hall–Kier alpha value is -2.50. The highest BCUT2D eigenvalue weighted by Gasteiger charge is 2.47. The van der Waals surface area contributed by atoms with Crippen molar-refractivity contribution in [2.45, 2.75) is 119 Å². The predicted octanol–water partition coefficient (Wildman–Crippen LogP) is -1.17. The molecule has 0 spiro atoms. The Morgan fingerprint density at radius 2 is 1.48 bits per heavy atom. The fourth-order valence-electron chi connectivity index (χ4n) is 5.02. The maximum absolute atomic E-state index is 12.4. The summed E-state index contributed by atoms with van der Waals surface area (Å²) in [5.41, 5.74) is 2.07. The molecule has 1 aromatic rings. The van der Waals surface area contributed by atoms with Gasteiger partial charge in [0.2, 0.25) is 5.91 Å². The first kappa shape index (κ1) is 39.7. The summed E-state index contributed by atoms with van der Waals surface area (Å²) in [4.78, 5) is 24.5. The van der Waals surface area contributed by atoms with E-state index in [4.69, 9.17) is 9.47 Å². The van der Waals surface area contributed by atoms with Crippen LogP contribution in [-0.4, -0.2) is 128 Å². The lowest BCUT2D eigenvalue weighted by Crippen LogP contribution is -2.62. The summed E-state index contributed by atoms with van der Waals surface area (Å²) in [6, 6.07) is 7.85. The van der Waals surface area contributed by atoms with Gasteiger partial charge in [0.05, 0.1) is 13.2 Å². The van der Waals surface area contributed by atoms with Crippen LogP contribution in [0.4, 0.5) is 0 Å². The fourth-order valence-corrected chi connectivity index (χ4v) is 5.02. The van der Waals surface area contributed by atoms with Gasteiger partial charge in [-0.15, -0.1) is 0 Å². The fraction of sp³-hybridized carbons (Fsp3) is 0.688. The van der Waals surface area contributed by atoms with E-state index >= 15 is 0 Å². The largest absolute Gasteiger partial charge is 0.394 e. The molecular weight excluding hydrogens is 604 g/mol. The molecule has 9 atom stereocenters. The summed E-state index contributed by atoms with van der Waals surface area (Å²) >= 11 is 0. The second kappa shape index (κ2) is 21.4. The van der Waals surface area contributed by atoms with Crippen molar-refractivity contribution in [1.29, 1.82) is 0 Å². The number of rotatable bonds is 22. The van der Waals surface area contributed by atoms with Crippen LogP contribution in [0.3, 0.4) is 0 Å². The van der Waals surface area contributed by atoms with E-state index in [1.807, 2.05) is 24.3 Å². The minimum atomic E-state index is -2.08. The molecule has 1 aromatic carbocycles. The lowest BCUT2D eigenvalue weighted by molar-refractivity contribution is -0.326. The molecule has 46 heavy (non-hydrogen) atoms. The zero-order valence-corrected chi connectivity index (χ0v) is 26.2. The lowest BCUT2D eigenvalue weighted by Gasteiger charge is -2.42. The van der Waals surface area contributed by atoms with Gasteiger partial charge in [0.1, 0.15) is 42.7 Å². The lowest BCUT2D eigenvalue weighted by atomic mass is 9.98. The van der Waals surface area contributed by atoms with Gasteiger partial charge in [-0.2, -0.15) is 0 Å².